The van der Waals surface area contributed by atoms with Crippen LogP contribution in [0.15, 0.2) is 72.8 Å². The van der Waals surface area contributed by atoms with Crippen LogP contribution in [0.2, 0.25) is 0 Å². The third kappa shape index (κ3) is 6.36. The number of ketones is 1. The topological polar surface area (TPSA) is 80.3 Å². The lowest BCUT2D eigenvalue weighted by atomic mass is 10.1. The minimum Gasteiger partial charge on any atom is -0.497 e. The smallest absolute Gasteiger partial charge is 0.497 e. The third-order valence-corrected chi connectivity index (χ3v) is 4.68. The highest BCUT2D eigenvalue weighted by atomic mass is 16.7. The number of ether oxygens (including phenoxy) is 5. The van der Waals surface area contributed by atoms with Crippen LogP contribution in [0.4, 0.5) is 4.79 Å². The Morgan fingerprint density at radius 2 is 1.45 bits per heavy atom. The molecule has 0 radical (unpaired) electrons. The van der Waals surface area contributed by atoms with Gasteiger partial charge in [0.25, 0.3) is 0 Å². The van der Waals surface area contributed by atoms with Gasteiger partial charge in [-0.3, -0.25) is 4.79 Å². The number of carbonyl (C=O) groups excluding carboxylic acids is 2. The first-order valence-corrected chi connectivity index (χ1v) is 10.0. The zero-order valence-corrected chi connectivity index (χ0v) is 18.6. The Hall–Kier alpha value is -4.26. The fourth-order valence-corrected chi connectivity index (χ4v) is 2.97. The molecule has 0 unspecified atom stereocenters. The van der Waals surface area contributed by atoms with E-state index in [-0.39, 0.29) is 23.7 Å². The Labute approximate surface area is 192 Å². The predicted molar refractivity (Wildman–Crippen MR) is 123 cm³/mol. The van der Waals surface area contributed by atoms with E-state index in [2.05, 4.69) is 0 Å². The van der Waals surface area contributed by atoms with Crippen molar-refractivity contribution >= 4 is 18.0 Å². The van der Waals surface area contributed by atoms with Gasteiger partial charge in [-0.2, -0.15) is 0 Å². The molecule has 170 valence electrons. The van der Waals surface area contributed by atoms with E-state index in [0.29, 0.717) is 11.5 Å². The summed E-state index contributed by atoms with van der Waals surface area (Å²) in [5.74, 6) is 0.808. The molecule has 0 amide bonds. The molecule has 0 aromatic heterocycles. The van der Waals surface area contributed by atoms with Crippen LogP contribution in [0, 0.1) is 0 Å². The summed E-state index contributed by atoms with van der Waals surface area (Å²) in [6.07, 6.45) is 2.05. The van der Waals surface area contributed by atoms with E-state index in [9.17, 15) is 9.59 Å². The molecule has 0 aliphatic carbocycles. The van der Waals surface area contributed by atoms with E-state index >= 15 is 0 Å². The first-order valence-electron chi connectivity index (χ1n) is 10.0. The zero-order valence-electron chi connectivity index (χ0n) is 18.6. The molecule has 0 saturated carbocycles. The van der Waals surface area contributed by atoms with Crippen molar-refractivity contribution in [2.45, 2.75) is 6.61 Å². The molecular formula is C26H24O7. The second kappa shape index (κ2) is 11.4. The minimum atomic E-state index is -0.956. The van der Waals surface area contributed by atoms with Crippen LogP contribution in [0.5, 0.6) is 23.0 Å². The van der Waals surface area contributed by atoms with Crippen LogP contribution in [0.1, 0.15) is 21.5 Å². The highest BCUT2D eigenvalue weighted by Crippen LogP contribution is 2.35. The van der Waals surface area contributed by atoms with E-state index in [0.717, 1.165) is 11.1 Å². The summed E-state index contributed by atoms with van der Waals surface area (Å²) in [5.41, 5.74) is 1.66. The minimum absolute atomic E-state index is 0.0292. The van der Waals surface area contributed by atoms with Gasteiger partial charge < -0.3 is 23.7 Å². The van der Waals surface area contributed by atoms with E-state index in [1.54, 1.807) is 25.3 Å². The molecule has 7 nitrogen and oxygen atoms in total. The lowest BCUT2D eigenvalue weighted by Crippen LogP contribution is -2.13. The Morgan fingerprint density at radius 1 is 0.788 bits per heavy atom. The van der Waals surface area contributed by atoms with Crippen molar-refractivity contribution in [3.05, 3.63) is 89.5 Å². The van der Waals surface area contributed by atoms with Crippen molar-refractivity contribution < 1.29 is 33.3 Å². The highest BCUT2D eigenvalue weighted by Gasteiger charge is 2.22. The van der Waals surface area contributed by atoms with Gasteiger partial charge in [-0.15, -0.1) is 0 Å². The normalized spacial score (nSPS) is 10.5. The Bertz CT molecular complexity index is 1120. The van der Waals surface area contributed by atoms with E-state index < -0.39 is 11.9 Å². The standard InChI is InChI=1S/C26H24O7/c1-29-20-12-9-18(10-13-20)11-14-22(27)25-23(31-3)15-21(30-2)16-24(25)33-26(28)32-17-19-7-5-4-6-8-19/h4-16H,17H2,1-3H3. The maximum absolute atomic E-state index is 13.0. The van der Waals surface area contributed by atoms with Gasteiger partial charge >= 0.3 is 6.16 Å². The van der Waals surface area contributed by atoms with Crippen LogP contribution in [-0.4, -0.2) is 33.3 Å². The van der Waals surface area contributed by atoms with Gasteiger partial charge in [0.05, 0.1) is 21.3 Å². The molecule has 0 heterocycles. The van der Waals surface area contributed by atoms with Gasteiger partial charge in [-0.25, -0.2) is 4.79 Å². The average Bonchev–Trinajstić information content (AvgIpc) is 2.86. The number of benzene rings is 3. The first-order chi connectivity index (χ1) is 16.0. The number of hydrogen-bond acceptors (Lipinski definition) is 7. The lowest BCUT2D eigenvalue weighted by Gasteiger charge is -2.14. The van der Waals surface area contributed by atoms with Gasteiger partial charge in [-0.05, 0) is 29.3 Å². The van der Waals surface area contributed by atoms with Gasteiger partial charge in [-0.1, -0.05) is 48.5 Å². The molecule has 0 saturated heterocycles. The first kappa shape index (κ1) is 23.4. The molecule has 0 fully saturated rings. The molecule has 0 bridgehead atoms. The number of hydrogen-bond donors (Lipinski definition) is 0. The fraction of sp³-hybridized carbons (Fsp3) is 0.154. The molecular weight excluding hydrogens is 424 g/mol. The van der Waals surface area contributed by atoms with Gasteiger partial charge in [0.15, 0.2) is 11.5 Å². The van der Waals surface area contributed by atoms with Crippen molar-refractivity contribution in [2.24, 2.45) is 0 Å². The zero-order chi connectivity index (χ0) is 23.6. The van der Waals surface area contributed by atoms with Gasteiger partial charge in [0, 0.05) is 12.1 Å². The van der Waals surface area contributed by atoms with Crippen molar-refractivity contribution in [3.63, 3.8) is 0 Å². The van der Waals surface area contributed by atoms with E-state index in [1.807, 2.05) is 42.5 Å². The second-order valence-corrected chi connectivity index (χ2v) is 6.80. The molecule has 3 aromatic rings. The lowest BCUT2D eigenvalue weighted by molar-refractivity contribution is 0.0915. The van der Waals surface area contributed by atoms with Crippen molar-refractivity contribution in [3.8, 4) is 23.0 Å². The molecule has 7 heteroatoms. The monoisotopic (exact) mass is 448 g/mol. The summed E-state index contributed by atoms with van der Waals surface area (Å²) in [6, 6.07) is 19.3. The Balaban J connectivity index is 1.83. The number of methoxy groups -OCH3 is 3. The predicted octanol–water partition coefficient (Wildman–Crippen LogP) is 5.32. The van der Waals surface area contributed by atoms with Crippen LogP contribution < -0.4 is 18.9 Å². The molecule has 0 atom stereocenters. The van der Waals surface area contributed by atoms with Crippen molar-refractivity contribution in [2.75, 3.05) is 21.3 Å². The van der Waals surface area contributed by atoms with Crippen LogP contribution in [0.25, 0.3) is 6.08 Å². The molecule has 0 aliphatic heterocycles. The summed E-state index contributed by atoms with van der Waals surface area (Å²) in [4.78, 5) is 25.4. The van der Waals surface area contributed by atoms with Crippen LogP contribution in [-0.2, 0) is 11.3 Å². The molecule has 0 N–H and O–H groups in total. The molecule has 3 aromatic carbocycles. The van der Waals surface area contributed by atoms with Gasteiger partial charge in [0.2, 0.25) is 0 Å². The maximum atomic E-state index is 13.0. The molecule has 3 rings (SSSR count). The van der Waals surface area contributed by atoms with Gasteiger partial charge in [0.1, 0.15) is 29.4 Å². The summed E-state index contributed by atoms with van der Waals surface area (Å²) in [7, 11) is 4.45. The third-order valence-electron chi connectivity index (χ3n) is 4.68. The molecule has 33 heavy (non-hydrogen) atoms. The second-order valence-electron chi connectivity index (χ2n) is 6.80. The fourth-order valence-electron chi connectivity index (χ4n) is 2.97. The van der Waals surface area contributed by atoms with E-state index in [1.165, 1.54) is 32.4 Å². The summed E-state index contributed by atoms with van der Waals surface area (Å²) < 4.78 is 26.3. The number of carbonyl (C=O) groups is 2. The Morgan fingerprint density at radius 3 is 2.09 bits per heavy atom. The quantitative estimate of drug-likeness (QED) is 0.190. The largest absolute Gasteiger partial charge is 0.514 e. The molecule has 0 aliphatic rings. The van der Waals surface area contributed by atoms with Crippen molar-refractivity contribution in [1.29, 1.82) is 0 Å². The number of allylic oxidation sites excluding steroid dienone is 1. The van der Waals surface area contributed by atoms with Crippen LogP contribution in [0.3, 0.4) is 0 Å². The molecule has 0 spiro atoms. The summed E-state index contributed by atoms with van der Waals surface area (Å²) in [5, 5.41) is 0. The maximum Gasteiger partial charge on any atom is 0.514 e. The summed E-state index contributed by atoms with van der Waals surface area (Å²) >= 11 is 0. The van der Waals surface area contributed by atoms with Crippen LogP contribution >= 0.6 is 0 Å². The summed E-state index contributed by atoms with van der Waals surface area (Å²) in [6.45, 7) is 0.0292. The number of rotatable bonds is 9. The SMILES string of the molecule is COc1ccc(C=CC(=O)c2c(OC)cc(OC)cc2OC(=O)OCc2ccccc2)cc1. The van der Waals surface area contributed by atoms with E-state index in [4.69, 9.17) is 23.7 Å². The Kier molecular flexibility index (Phi) is 8.07. The van der Waals surface area contributed by atoms with Crippen molar-refractivity contribution in [1.82, 2.24) is 0 Å². The average molecular weight is 448 g/mol. The highest BCUT2D eigenvalue weighted by molar-refractivity contribution is 6.11.